The van der Waals surface area contributed by atoms with E-state index in [4.69, 9.17) is 0 Å². The molecule has 0 spiro atoms. The van der Waals surface area contributed by atoms with Crippen LogP contribution in [0.4, 0.5) is 13.2 Å². The first kappa shape index (κ1) is 12.2. The van der Waals surface area contributed by atoms with E-state index in [0.717, 1.165) is 6.20 Å². The summed E-state index contributed by atoms with van der Waals surface area (Å²) < 4.78 is 39.6. The average Bonchev–Trinajstić information content (AvgIpc) is 2.10. The summed E-state index contributed by atoms with van der Waals surface area (Å²) in [5.74, 6) is -3.11. The van der Waals surface area contributed by atoms with Crippen LogP contribution in [-0.4, -0.2) is 13.8 Å². The predicted octanol–water partition coefficient (Wildman–Crippen LogP) is 2.63. The summed E-state index contributed by atoms with van der Waals surface area (Å²) >= 11 is 0. The van der Waals surface area contributed by atoms with Crippen LogP contribution in [0.1, 0.15) is 20.8 Å². The lowest BCUT2D eigenvalue weighted by Gasteiger charge is -2.26. The largest absolute Gasteiger partial charge is 0.248 e. The van der Waals surface area contributed by atoms with Gasteiger partial charge in [-0.15, -0.1) is 0 Å². The van der Waals surface area contributed by atoms with Crippen molar-refractivity contribution in [3.63, 3.8) is 0 Å². The van der Waals surface area contributed by atoms with Crippen LogP contribution in [0, 0.1) is 17.6 Å². The first-order valence-electron chi connectivity index (χ1n) is 4.59. The second kappa shape index (κ2) is 3.96. The van der Waals surface area contributed by atoms with Crippen LogP contribution in [0.2, 0.25) is 11.6 Å². The van der Waals surface area contributed by atoms with Crippen LogP contribution in [0.25, 0.3) is 0 Å². The van der Waals surface area contributed by atoms with Crippen molar-refractivity contribution in [2.75, 3.05) is 0 Å². The predicted molar refractivity (Wildman–Crippen MR) is 55.1 cm³/mol. The van der Waals surface area contributed by atoms with Gasteiger partial charge in [0.15, 0.2) is 5.82 Å². The Morgan fingerprint density at radius 2 is 1.73 bits per heavy atom. The maximum atomic E-state index is 13.4. The minimum absolute atomic E-state index is 0.125. The molecule has 0 bridgehead atoms. The molecule has 5 heteroatoms. The molecule has 0 aromatic carbocycles. The van der Waals surface area contributed by atoms with E-state index in [1.54, 1.807) is 6.55 Å². The standard InChI is InChI=1S/C10H13F3NSi/c1-10(2,3)15(4)8-6(11)5-14-9(13)7(8)12/h5H,1-4H3. The van der Waals surface area contributed by atoms with Gasteiger partial charge >= 0.3 is 0 Å². The Morgan fingerprint density at radius 1 is 1.20 bits per heavy atom. The van der Waals surface area contributed by atoms with Crippen molar-refractivity contribution in [1.29, 1.82) is 0 Å². The highest BCUT2D eigenvalue weighted by atomic mass is 28.3. The van der Waals surface area contributed by atoms with Crippen LogP contribution in [0.5, 0.6) is 0 Å². The van der Waals surface area contributed by atoms with Crippen molar-refractivity contribution in [2.24, 2.45) is 0 Å². The zero-order valence-corrected chi connectivity index (χ0v) is 10.2. The quantitative estimate of drug-likeness (QED) is 0.536. The average molecular weight is 232 g/mol. The maximum Gasteiger partial charge on any atom is 0.248 e. The zero-order valence-electron chi connectivity index (χ0n) is 9.16. The van der Waals surface area contributed by atoms with Gasteiger partial charge < -0.3 is 0 Å². The van der Waals surface area contributed by atoms with Gasteiger partial charge in [0.2, 0.25) is 5.95 Å². The topological polar surface area (TPSA) is 12.9 Å². The minimum atomic E-state index is -1.50. The molecule has 1 nitrogen and oxygen atoms in total. The monoisotopic (exact) mass is 232 g/mol. The Labute approximate surface area is 89.0 Å². The van der Waals surface area contributed by atoms with Gasteiger partial charge in [0.25, 0.3) is 0 Å². The van der Waals surface area contributed by atoms with E-state index >= 15 is 0 Å². The molecule has 0 saturated heterocycles. The van der Waals surface area contributed by atoms with Crippen molar-refractivity contribution < 1.29 is 13.2 Å². The molecule has 1 aromatic heterocycles. The Hall–Kier alpha value is -0.843. The summed E-state index contributed by atoms with van der Waals surface area (Å²) in [4.78, 5) is 3.00. The number of rotatable bonds is 1. The lowest BCUT2D eigenvalue weighted by atomic mass is 10.2. The summed E-state index contributed by atoms with van der Waals surface area (Å²) in [7, 11) is -1.50. The first-order valence-corrected chi connectivity index (χ1v) is 6.59. The summed E-state index contributed by atoms with van der Waals surface area (Å²) in [6.07, 6.45) is 0.744. The van der Waals surface area contributed by atoms with Crippen LogP contribution in [0.15, 0.2) is 6.20 Å². The van der Waals surface area contributed by atoms with E-state index in [2.05, 4.69) is 4.98 Å². The molecule has 1 radical (unpaired) electrons. The molecule has 0 amide bonds. The van der Waals surface area contributed by atoms with Gasteiger partial charge in [-0.1, -0.05) is 27.3 Å². The van der Waals surface area contributed by atoms with Gasteiger partial charge in [-0.25, -0.2) is 13.8 Å². The number of pyridine rings is 1. The highest BCUT2D eigenvalue weighted by molar-refractivity contribution is 6.74. The number of aromatic nitrogens is 1. The lowest BCUT2D eigenvalue weighted by Crippen LogP contribution is -2.40. The molecule has 15 heavy (non-hydrogen) atoms. The van der Waals surface area contributed by atoms with Gasteiger partial charge in [0.1, 0.15) is 5.82 Å². The van der Waals surface area contributed by atoms with E-state index in [1.165, 1.54) is 0 Å². The summed E-state index contributed by atoms with van der Waals surface area (Å²) in [6, 6.07) is 0. The molecule has 0 fully saturated rings. The number of hydrogen-bond acceptors (Lipinski definition) is 1. The molecule has 1 heterocycles. The number of hydrogen-bond donors (Lipinski definition) is 0. The Balaban J connectivity index is 3.31. The van der Waals surface area contributed by atoms with Crippen LogP contribution >= 0.6 is 0 Å². The summed E-state index contributed by atoms with van der Waals surface area (Å²) in [6.45, 7) is 7.43. The van der Waals surface area contributed by atoms with Gasteiger partial charge in [0.05, 0.1) is 15.0 Å². The van der Waals surface area contributed by atoms with Crippen molar-refractivity contribution in [1.82, 2.24) is 4.98 Å². The van der Waals surface area contributed by atoms with E-state index < -0.39 is 26.4 Å². The Kier molecular flexibility index (Phi) is 3.23. The zero-order chi connectivity index (χ0) is 11.8. The van der Waals surface area contributed by atoms with Gasteiger partial charge in [0, 0.05) is 5.19 Å². The summed E-state index contributed by atoms with van der Waals surface area (Å²) in [5, 5.41) is -0.361. The molecule has 0 N–H and O–H groups in total. The molecule has 0 aliphatic carbocycles. The van der Waals surface area contributed by atoms with E-state index in [-0.39, 0.29) is 10.2 Å². The number of nitrogens with zero attached hydrogens (tertiary/aromatic N) is 1. The third kappa shape index (κ3) is 2.39. The molecular weight excluding hydrogens is 219 g/mol. The molecular formula is C10H13F3NSi. The minimum Gasteiger partial charge on any atom is -0.223 e. The number of halogens is 3. The molecule has 1 aromatic rings. The normalized spacial score (nSPS) is 12.3. The Morgan fingerprint density at radius 3 is 2.20 bits per heavy atom. The molecule has 83 valence electrons. The van der Waals surface area contributed by atoms with Crippen molar-refractivity contribution >= 4 is 14.0 Å². The molecule has 0 saturated carbocycles. The van der Waals surface area contributed by atoms with Crippen molar-refractivity contribution in [3.05, 3.63) is 23.8 Å². The van der Waals surface area contributed by atoms with Gasteiger partial charge in [-0.2, -0.15) is 4.39 Å². The highest BCUT2D eigenvalue weighted by Crippen LogP contribution is 2.27. The van der Waals surface area contributed by atoms with E-state index in [9.17, 15) is 13.2 Å². The Bertz CT molecular complexity index is 374. The van der Waals surface area contributed by atoms with Crippen LogP contribution in [-0.2, 0) is 0 Å². The van der Waals surface area contributed by atoms with Gasteiger partial charge in [-0.05, 0) is 5.04 Å². The van der Waals surface area contributed by atoms with Crippen molar-refractivity contribution in [2.45, 2.75) is 32.4 Å². The van der Waals surface area contributed by atoms with Crippen LogP contribution in [0.3, 0.4) is 0 Å². The van der Waals surface area contributed by atoms with E-state index in [0.29, 0.717) is 0 Å². The lowest BCUT2D eigenvalue weighted by molar-refractivity contribution is 0.471. The summed E-state index contributed by atoms with van der Waals surface area (Å²) in [5.41, 5.74) is 0. The smallest absolute Gasteiger partial charge is 0.223 e. The maximum absolute atomic E-state index is 13.4. The second-order valence-corrected chi connectivity index (χ2v) is 7.71. The second-order valence-electron chi connectivity index (χ2n) is 4.46. The molecule has 0 unspecified atom stereocenters. The molecule has 0 aliphatic rings. The van der Waals surface area contributed by atoms with E-state index in [1.807, 2.05) is 20.8 Å². The fraction of sp³-hybridized carbons (Fsp3) is 0.500. The fourth-order valence-corrected chi connectivity index (χ4v) is 2.77. The van der Waals surface area contributed by atoms with Crippen LogP contribution < -0.4 is 5.19 Å². The first-order chi connectivity index (χ1) is 6.75. The third-order valence-corrected chi connectivity index (χ3v) is 5.89. The van der Waals surface area contributed by atoms with Crippen molar-refractivity contribution in [3.8, 4) is 0 Å². The van der Waals surface area contributed by atoms with Gasteiger partial charge in [-0.3, -0.25) is 0 Å². The SMILES string of the molecule is C[Si](c1c(F)cnc(F)c1F)C(C)(C)C. The molecule has 0 atom stereocenters. The third-order valence-electron chi connectivity index (χ3n) is 2.43. The highest BCUT2D eigenvalue weighted by Gasteiger charge is 2.30. The molecule has 0 aliphatic heterocycles. The molecule has 1 rings (SSSR count). The fourth-order valence-electron chi connectivity index (χ4n) is 1.16.